The van der Waals surface area contributed by atoms with Gasteiger partial charge in [-0.1, -0.05) is 29.4 Å². The van der Waals surface area contributed by atoms with Crippen LogP contribution < -0.4 is 5.32 Å². The number of nitrogens with zero attached hydrogens (tertiary/aromatic N) is 1. The molecule has 0 heterocycles. The van der Waals surface area contributed by atoms with E-state index in [1.165, 1.54) is 0 Å². The fraction of sp³-hybridized carbons (Fsp3) is 0.263. The molecule has 0 unspecified atom stereocenters. The number of rotatable bonds is 4. The summed E-state index contributed by atoms with van der Waals surface area (Å²) in [5.41, 5.74) is 5.22. The van der Waals surface area contributed by atoms with Crippen LogP contribution in [0.2, 0.25) is 0 Å². The number of benzene rings is 2. The van der Waals surface area contributed by atoms with E-state index in [9.17, 15) is 4.79 Å². The lowest BCUT2D eigenvalue weighted by molar-refractivity contribution is 0.0951. The maximum Gasteiger partial charge on any atom is 0.251 e. The van der Waals surface area contributed by atoms with Crippen molar-refractivity contribution in [3.8, 4) is 11.1 Å². The summed E-state index contributed by atoms with van der Waals surface area (Å²) < 4.78 is 0. The Morgan fingerprint density at radius 2 is 1.96 bits per heavy atom. The number of nitrogens with one attached hydrogen (secondary N) is 1. The SMILES string of the molecule is CC(=NO)c1cccc(-c2cc(C(=O)NC3CC3)ccc2C)c1. The van der Waals surface area contributed by atoms with Gasteiger partial charge in [0, 0.05) is 11.6 Å². The fourth-order valence-corrected chi connectivity index (χ4v) is 2.54. The van der Waals surface area contributed by atoms with Crippen LogP contribution in [0.5, 0.6) is 0 Å². The van der Waals surface area contributed by atoms with E-state index >= 15 is 0 Å². The largest absolute Gasteiger partial charge is 0.411 e. The molecule has 0 radical (unpaired) electrons. The molecule has 3 rings (SSSR count). The molecule has 2 N–H and O–H groups in total. The molecule has 1 aliphatic rings. The van der Waals surface area contributed by atoms with Crippen LogP contribution in [0, 0.1) is 6.92 Å². The van der Waals surface area contributed by atoms with E-state index < -0.39 is 0 Å². The zero-order valence-electron chi connectivity index (χ0n) is 13.3. The number of hydrogen-bond acceptors (Lipinski definition) is 3. The van der Waals surface area contributed by atoms with Crippen molar-refractivity contribution in [2.45, 2.75) is 32.7 Å². The lowest BCUT2D eigenvalue weighted by Gasteiger charge is -2.11. The lowest BCUT2D eigenvalue weighted by atomic mass is 9.96. The van der Waals surface area contributed by atoms with Crippen molar-refractivity contribution in [3.05, 3.63) is 59.2 Å². The summed E-state index contributed by atoms with van der Waals surface area (Å²) in [6.07, 6.45) is 2.15. The third-order valence-electron chi connectivity index (χ3n) is 4.15. The van der Waals surface area contributed by atoms with Gasteiger partial charge < -0.3 is 10.5 Å². The zero-order valence-corrected chi connectivity index (χ0v) is 13.3. The highest BCUT2D eigenvalue weighted by Crippen LogP contribution is 2.26. The molecule has 0 aliphatic heterocycles. The van der Waals surface area contributed by atoms with Crippen molar-refractivity contribution in [1.82, 2.24) is 5.32 Å². The maximum absolute atomic E-state index is 12.2. The van der Waals surface area contributed by atoms with Gasteiger partial charge in [0.05, 0.1) is 5.71 Å². The monoisotopic (exact) mass is 308 g/mol. The molecule has 0 bridgehead atoms. The minimum Gasteiger partial charge on any atom is -0.411 e. The molecule has 0 atom stereocenters. The molecule has 4 heteroatoms. The van der Waals surface area contributed by atoms with Gasteiger partial charge in [-0.05, 0) is 67.1 Å². The Bertz CT molecular complexity index is 777. The van der Waals surface area contributed by atoms with Crippen molar-refractivity contribution in [2.24, 2.45) is 5.16 Å². The molecule has 2 aromatic carbocycles. The predicted molar refractivity (Wildman–Crippen MR) is 91.1 cm³/mol. The van der Waals surface area contributed by atoms with Gasteiger partial charge in [-0.2, -0.15) is 0 Å². The van der Waals surface area contributed by atoms with Crippen molar-refractivity contribution in [1.29, 1.82) is 0 Å². The van der Waals surface area contributed by atoms with Crippen LogP contribution in [0.4, 0.5) is 0 Å². The molecule has 23 heavy (non-hydrogen) atoms. The second-order valence-corrected chi connectivity index (χ2v) is 6.04. The van der Waals surface area contributed by atoms with Crippen molar-refractivity contribution >= 4 is 11.6 Å². The Morgan fingerprint density at radius 3 is 2.65 bits per heavy atom. The summed E-state index contributed by atoms with van der Waals surface area (Å²) in [7, 11) is 0. The maximum atomic E-state index is 12.2. The van der Waals surface area contributed by atoms with E-state index in [4.69, 9.17) is 5.21 Å². The highest BCUT2D eigenvalue weighted by Gasteiger charge is 2.24. The first-order valence-corrected chi connectivity index (χ1v) is 7.79. The number of carbonyl (C=O) groups excluding carboxylic acids is 1. The number of carbonyl (C=O) groups is 1. The highest BCUT2D eigenvalue weighted by atomic mass is 16.4. The lowest BCUT2D eigenvalue weighted by Crippen LogP contribution is -2.25. The van der Waals surface area contributed by atoms with Gasteiger partial charge in [0.1, 0.15) is 0 Å². The van der Waals surface area contributed by atoms with Crippen molar-refractivity contribution in [3.63, 3.8) is 0 Å². The average Bonchev–Trinajstić information content (AvgIpc) is 3.38. The van der Waals surface area contributed by atoms with Gasteiger partial charge in [0.2, 0.25) is 0 Å². The predicted octanol–water partition coefficient (Wildman–Crippen LogP) is 3.75. The fourth-order valence-electron chi connectivity index (χ4n) is 2.54. The minimum atomic E-state index is -0.0157. The van der Waals surface area contributed by atoms with Crippen LogP contribution in [0.15, 0.2) is 47.6 Å². The average molecular weight is 308 g/mol. The third-order valence-corrected chi connectivity index (χ3v) is 4.15. The van der Waals surface area contributed by atoms with Crippen LogP contribution in [0.25, 0.3) is 11.1 Å². The Morgan fingerprint density at radius 1 is 1.17 bits per heavy atom. The minimum absolute atomic E-state index is 0.0157. The third kappa shape index (κ3) is 3.42. The van der Waals surface area contributed by atoms with E-state index in [0.29, 0.717) is 17.3 Å². The molecule has 2 aromatic rings. The molecular weight excluding hydrogens is 288 g/mol. The summed E-state index contributed by atoms with van der Waals surface area (Å²) in [5, 5.41) is 15.2. The number of aryl methyl sites for hydroxylation is 1. The van der Waals surface area contributed by atoms with E-state index in [-0.39, 0.29) is 5.91 Å². The van der Waals surface area contributed by atoms with Crippen LogP contribution in [-0.4, -0.2) is 22.9 Å². The van der Waals surface area contributed by atoms with Gasteiger partial charge in [-0.25, -0.2) is 0 Å². The standard InChI is InChI=1S/C19H20N2O2/c1-12-6-7-16(19(22)20-17-8-9-17)11-18(12)15-5-3-4-14(10-15)13(2)21-23/h3-7,10-11,17,23H,8-9H2,1-2H3,(H,20,22). The highest BCUT2D eigenvalue weighted by molar-refractivity contribution is 6.00. The summed E-state index contributed by atoms with van der Waals surface area (Å²) in [6.45, 7) is 3.78. The van der Waals surface area contributed by atoms with E-state index in [1.807, 2.05) is 49.4 Å². The number of oxime groups is 1. The summed E-state index contributed by atoms with van der Waals surface area (Å²) in [5.74, 6) is -0.0157. The van der Waals surface area contributed by atoms with E-state index in [0.717, 1.165) is 35.1 Å². The van der Waals surface area contributed by atoms with Gasteiger partial charge in [-0.3, -0.25) is 4.79 Å². The van der Waals surface area contributed by atoms with Crippen LogP contribution in [-0.2, 0) is 0 Å². The smallest absolute Gasteiger partial charge is 0.251 e. The molecular formula is C19H20N2O2. The molecule has 1 fully saturated rings. The Balaban J connectivity index is 1.96. The number of amides is 1. The first kappa shape index (κ1) is 15.3. The molecule has 1 aliphatic carbocycles. The zero-order chi connectivity index (χ0) is 16.4. The number of hydrogen-bond donors (Lipinski definition) is 2. The Labute approximate surface area is 135 Å². The second-order valence-electron chi connectivity index (χ2n) is 6.04. The van der Waals surface area contributed by atoms with Crippen LogP contribution in [0.1, 0.15) is 41.3 Å². The summed E-state index contributed by atoms with van der Waals surface area (Å²) >= 11 is 0. The molecule has 4 nitrogen and oxygen atoms in total. The molecule has 0 spiro atoms. The quantitative estimate of drug-likeness (QED) is 0.513. The second kappa shape index (κ2) is 6.24. The van der Waals surface area contributed by atoms with Crippen molar-refractivity contribution in [2.75, 3.05) is 0 Å². The first-order valence-electron chi connectivity index (χ1n) is 7.79. The van der Waals surface area contributed by atoms with E-state index in [1.54, 1.807) is 6.92 Å². The molecule has 1 amide bonds. The first-order chi connectivity index (χ1) is 11.1. The van der Waals surface area contributed by atoms with Gasteiger partial charge in [0.25, 0.3) is 5.91 Å². The topological polar surface area (TPSA) is 61.7 Å². The Kier molecular flexibility index (Phi) is 4.15. The molecule has 0 saturated heterocycles. The van der Waals surface area contributed by atoms with E-state index in [2.05, 4.69) is 10.5 Å². The summed E-state index contributed by atoms with van der Waals surface area (Å²) in [6, 6.07) is 13.9. The van der Waals surface area contributed by atoms with Crippen LogP contribution >= 0.6 is 0 Å². The summed E-state index contributed by atoms with van der Waals surface area (Å²) in [4.78, 5) is 12.2. The van der Waals surface area contributed by atoms with Gasteiger partial charge >= 0.3 is 0 Å². The molecule has 1 saturated carbocycles. The van der Waals surface area contributed by atoms with Crippen molar-refractivity contribution < 1.29 is 10.0 Å². The molecule has 0 aromatic heterocycles. The van der Waals surface area contributed by atoms with Gasteiger partial charge in [0.15, 0.2) is 0 Å². The Hall–Kier alpha value is -2.62. The normalized spacial score (nSPS) is 14.6. The van der Waals surface area contributed by atoms with Gasteiger partial charge in [-0.15, -0.1) is 0 Å². The van der Waals surface area contributed by atoms with Crippen LogP contribution in [0.3, 0.4) is 0 Å². The molecule has 118 valence electrons.